The monoisotopic (exact) mass is 335 g/mol. The van der Waals surface area contributed by atoms with E-state index in [4.69, 9.17) is 22.0 Å². The van der Waals surface area contributed by atoms with Gasteiger partial charge in [-0.1, -0.05) is 11.6 Å². The maximum absolute atomic E-state index is 12.1. The van der Waals surface area contributed by atoms with Crippen molar-refractivity contribution in [2.24, 2.45) is 0 Å². The minimum atomic E-state index is -0.0569. The molecule has 124 valence electrons. The van der Waals surface area contributed by atoms with Gasteiger partial charge in [0.1, 0.15) is 6.07 Å². The van der Waals surface area contributed by atoms with Crippen LogP contribution in [0.5, 0.6) is 0 Å². The number of nitriles is 1. The summed E-state index contributed by atoms with van der Waals surface area (Å²) in [6, 6.07) is 7.47. The molecule has 2 rings (SSSR count). The molecule has 1 saturated carbocycles. The number of benzene rings is 1. The minimum Gasteiger partial charge on any atom is -0.396 e. The van der Waals surface area contributed by atoms with Gasteiger partial charge in [0.15, 0.2) is 0 Å². The van der Waals surface area contributed by atoms with Crippen molar-refractivity contribution in [1.82, 2.24) is 4.90 Å². The lowest BCUT2D eigenvalue weighted by Crippen LogP contribution is -2.31. The Morgan fingerprint density at radius 3 is 2.78 bits per heavy atom. The Morgan fingerprint density at radius 2 is 2.17 bits per heavy atom. The van der Waals surface area contributed by atoms with Crippen LogP contribution in [0.4, 0.5) is 5.69 Å². The molecule has 6 heteroatoms. The molecule has 1 aromatic carbocycles. The number of halogens is 1. The Bertz CT molecular complexity index is 582. The number of hydrogen-bond acceptors (Lipinski definition) is 4. The maximum Gasteiger partial charge on any atom is 0.225 e. The first-order valence-corrected chi connectivity index (χ1v) is 8.36. The van der Waals surface area contributed by atoms with Gasteiger partial charge in [0.25, 0.3) is 0 Å². The molecule has 1 amide bonds. The maximum atomic E-state index is 12.1. The highest BCUT2D eigenvalue weighted by Gasteiger charge is 2.28. The van der Waals surface area contributed by atoms with Crippen LogP contribution in [0.25, 0.3) is 0 Å². The standard InChI is InChI=1S/C17H22ClN3O2/c18-16-11-14(4-3-13(16)12-19)20-17(23)7-9-21(15-5-6-15)8-1-2-10-22/h3-4,11,15,22H,1-2,5-10H2,(H,20,23). The molecular formula is C17H22ClN3O2. The summed E-state index contributed by atoms with van der Waals surface area (Å²) in [6.45, 7) is 1.88. The lowest BCUT2D eigenvalue weighted by Gasteiger charge is -2.21. The van der Waals surface area contributed by atoms with E-state index in [-0.39, 0.29) is 12.5 Å². The van der Waals surface area contributed by atoms with Crippen molar-refractivity contribution in [2.75, 3.05) is 25.0 Å². The molecule has 0 aliphatic heterocycles. The zero-order chi connectivity index (χ0) is 16.7. The third-order valence-electron chi connectivity index (χ3n) is 3.92. The molecule has 0 saturated heterocycles. The molecule has 0 radical (unpaired) electrons. The Labute approximate surface area is 141 Å². The zero-order valence-corrected chi connectivity index (χ0v) is 13.9. The Balaban J connectivity index is 1.79. The van der Waals surface area contributed by atoms with Crippen molar-refractivity contribution >= 4 is 23.2 Å². The quantitative estimate of drug-likeness (QED) is 0.680. The van der Waals surface area contributed by atoms with Crippen LogP contribution in [0, 0.1) is 11.3 Å². The number of carbonyl (C=O) groups is 1. The highest BCUT2D eigenvalue weighted by Crippen LogP contribution is 2.27. The largest absolute Gasteiger partial charge is 0.396 e. The van der Waals surface area contributed by atoms with Gasteiger partial charge in [0.05, 0.1) is 10.6 Å². The fourth-order valence-electron chi connectivity index (χ4n) is 2.50. The van der Waals surface area contributed by atoms with E-state index in [0.29, 0.717) is 28.7 Å². The highest BCUT2D eigenvalue weighted by atomic mass is 35.5. The number of hydrogen-bond donors (Lipinski definition) is 2. The Kier molecular flexibility index (Phi) is 6.85. The second kappa shape index (κ2) is 8.88. The fourth-order valence-corrected chi connectivity index (χ4v) is 2.72. The van der Waals surface area contributed by atoms with Crippen LogP contribution in [0.15, 0.2) is 18.2 Å². The van der Waals surface area contributed by atoms with Gasteiger partial charge in [-0.15, -0.1) is 0 Å². The number of anilines is 1. The third-order valence-corrected chi connectivity index (χ3v) is 4.23. The Hall–Kier alpha value is -1.61. The van der Waals surface area contributed by atoms with Gasteiger partial charge in [-0.05, 0) is 50.4 Å². The number of unbranched alkanes of at least 4 members (excludes halogenated alkanes) is 1. The van der Waals surface area contributed by atoms with Crippen molar-refractivity contribution in [3.8, 4) is 6.07 Å². The van der Waals surface area contributed by atoms with E-state index in [9.17, 15) is 4.79 Å². The third kappa shape index (κ3) is 5.83. The van der Waals surface area contributed by atoms with Crippen LogP contribution in [0.1, 0.15) is 37.7 Å². The molecule has 0 aromatic heterocycles. The van der Waals surface area contributed by atoms with Crippen molar-refractivity contribution < 1.29 is 9.90 Å². The number of nitrogens with zero attached hydrogens (tertiary/aromatic N) is 2. The summed E-state index contributed by atoms with van der Waals surface area (Å²) in [4.78, 5) is 14.4. The second-order valence-corrected chi connectivity index (χ2v) is 6.21. The van der Waals surface area contributed by atoms with Crippen LogP contribution in [-0.2, 0) is 4.79 Å². The topological polar surface area (TPSA) is 76.4 Å². The van der Waals surface area contributed by atoms with Crippen LogP contribution >= 0.6 is 11.6 Å². The predicted molar refractivity (Wildman–Crippen MR) is 90.3 cm³/mol. The molecule has 23 heavy (non-hydrogen) atoms. The summed E-state index contributed by atoms with van der Waals surface area (Å²) >= 11 is 5.96. The SMILES string of the molecule is N#Cc1ccc(NC(=O)CCN(CCCCO)C2CC2)cc1Cl. The number of nitrogens with one attached hydrogen (secondary N) is 1. The average Bonchev–Trinajstić information content (AvgIpc) is 3.35. The fraction of sp³-hybridized carbons (Fsp3) is 0.529. The van der Waals surface area contributed by atoms with Crippen molar-refractivity contribution in [2.45, 2.75) is 38.1 Å². The first-order valence-electron chi connectivity index (χ1n) is 7.98. The molecule has 1 aliphatic rings. The van der Waals surface area contributed by atoms with Gasteiger partial charge < -0.3 is 10.4 Å². The number of amides is 1. The number of carbonyl (C=O) groups excluding carboxylic acids is 1. The predicted octanol–water partition coefficient (Wildman–Crippen LogP) is 2.78. The smallest absolute Gasteiger partial charge is 0.225 e. The van der Waals surface area contributed by atoms with E-state index in [1.54, 1.807) is 18.2 Å². The number of aliphatic hydroxyl groups excluding tert-OH is 1. The van der Waals surface area contributed by atoms with Gasteiger partial charge >= 0.3 is 0 Å². The lowest BCUT2D eigenvalue weighted by molar-refractivity contribution is -0.116. The first-order chi connectivity index (χ1) is 11.1. The average molecular weight is 336 g/mol. The summed E-state index contributed by atoms with van der Waals surface area (Å²) < 4.78 is 0. The summed E-state index contributed by atoms with van der Waals surface area (Å²) in [5.74, 6) is -0.0569. The van der Waals surface area contributed by atoms with Gasteiger partial charge in [-0.2, -0.15) is 5.26 Å². The number of rotatable bonds is 9. The summed E-state index contributed by atoms with van der Waals surface area (Å²) in [5, 5.41) is 20.9. The van der Waals surface area contributed by atoms with E-state index in [2.05, 4.69) is 10.2 Å². The van der Waals surface area contributed by atoms with Crippen molar-refractivity contribution in [3.63, 3.8) is 0 Å². The molecule has 0 unspecified atom stereocenters. The van der Waals surface area contributed by atoms with E-state index < -0.39 is 0 Å². The van der Waals surface area contributed by atoms with Gasteiger partial charge in [-0.25, -0.2) is 0 Å². The molecular weight excluding hydrogens is 314 g/mol. The summed E-state index contributed by atoms with van der Waals surface area (Å²) in [7, 11) is 0. The van der Waals surface area contributed by atoms with Gasteiger partial charge in [-0.3, -0.25) is 9.69 Å². The molecule has 0 heterocycles. The van der Waals surface area contributed by atoms with Crippen LogP contribution < -0.4 is 5.32 Å². The highest BCUT2D eigenvalue weighted by molar-refractivity contribution is 6.32. The molecule has 0 bridgehead atoms. The van der Waals surface area contributed by atoms with E-state index >= 15 is 0 Å². The van der Waals surface area contributed by atoms with E-state index in [1.165, 1.54) is 12.8 Å². The molecule has 2 N–H and O–H groups in total. The van der Waals surface area contributed by atoms with Crippen LogP contribution in [0.3, 0.4) is 0 Å². The molecule has 0 spiro atoms. The molecule has 1 fully saturated rings. The van der Waals surface area contributed by atoms with Gasteiger partial charge in [0, 0.05) is 31.3 Å². The molecule has 1 aromatic rings. The number of aliphatic hydroxyl groups is 1. The normalized spacial score (nSPS) is 13.8. The van der Waals surface area contributed by atoms with Crippen molar-refractivity contribution in [1.29, 1.82) is 5.26 Å². The van der Waals surface area contributed by atoms with Gasteiger partial charge in [0.2, 0.25) is 5.91 Å². The van der Waals surface area contributed by atoms with Crippen LogP contribution in [-0.4, -0.2) is 41.7 Å². The minimum absolute atomic E-state index is 0.0569. The summed E-state index contributed by atoms with van der Waals surface area (Å²) in [5.41, 5.74) is 1.01. The van der Waals surface area contributed by atoms with E-state index in [1.807, 2.05) is 6.07 Å². The molecule has 1 aliphatic carbocycles. The van der Waals surface area contributed by atoms with Crippen molar-refractivity contribution in [3.05, 3.63) is 28.8 Å². The zero-order valence-electron chi connectivity index (χ0n) is 13.1. The van der Waals surface area contributed by atoms with Crippen LogP contribution in [0.2, 0.25) is 5.02 Å². The first kappa shape index (κ1) is 17.7. The molecule has 5 nitrogen and oxygen atoms in total. The second-order valence-electron chi connectivity index (χ2n) is 5.80. The Morgan fingerprint density at radius 1 is 1.39 bits per heavy atom. The van der Waals surface area contributed by atoms with E-state index in [0.717, 1.165) is 25.9 Å². The lowest BCUT2D eigenvalue weighted by atomic mass is 10.2. The molecule has 0 atom stereocenters. The summed E-state index contributed by atoms with van der Waals surface area (Å²) in [6.07, 6.45) is 4.59.